The van der Waals surface area contributed by atoms with Gasteiger partial charge in [-0.1, -0.05) is 30.7 Å². The van der Waals surface area contributed by atoms with E-state index < -0.39 is 10.8 Å². The Morgan fingerprint density at radius 1 is 1.14 bits per heavy atom. The Balaban J connectivity index is 2.30. The maximum Gasteiger partial charge on any atom is 0.151 e. The highest BCUT2D eigenvalue weighted by Crippen LogP contribution is 2.36. The number of benzene rings is 2. The smallest absolute Gasteiger partial charge is 0.151 e. The van der Waals surface area contributed by atoms with E-state index in [0.29, 0.717) is 5.75 Å². The van der Waals surface area contributed by atoms with Gasteiger partial charge in [0.2, 0.25) is 0 Å². The molecule has 4 heteroatoms. The molecule has 1 heterocycles. The molecule has 0 amide bonds. The summed E-state index contributed by atoms with van der Waals surface area (Å²) in [4.78, 5) is 0.817. The van der Waals surface area contributed by atoms with Crippen LogP contribution < -0.4 is 0 Å². The van der Waals surface area contributed by atoms with Gasteiger partial charge in [-0.3, -0.25) is 4.21 Å². The van der Waals surface area contributed by atoms with Crippen LogP contribution in [0, 0.1) is 10.5 Å². The summed E-state index contributed by atoms with van der Waals surface area (Å²) in [6, 6.07) is 14.1. The first-order valence-electron chi connectivity index (χ1n) is 6.77. The molecular weight excluding hydrogens is 395 g/mol. The minimum Gasteiger partial charge on any atom is -0.455 e. The molecule has 0 aliphatic carbocycles. The molecule has 0 saturated heterocycles. The van der Waals surface area contributed by atoms with Gasteiger partial charge in [-0.15, -0.1) is 0 Å². The number of hydrogen-bond acceptors (Lipinski definition) is 2. The van der Waals surface area contributed by atoms with Crippen molar-refractivity contribution in [3.8, 4) is 11.3 Å². The average molecular weight is 410 g/mol. The van der Waals surface area contributed by atoms with E-state index in [4.69, 9.17) is 4.42 Å². The quantitative estimate of drug-likeness (QED) is 0.560. The normalized spacial score (nSPS) is 12.7. The first kappa shape index (κ1) is 14.8. The largest absolute Gasteiger partial charge is 0.455 e. The number of aryl methyl sites for hydroxylation is 1. The van der Waals surface area contributed by atoms with Crippen LogP contribution in [-0.4, -0.2) is 9.96 Å². The van der Waals surface area contributed by atoms with Gasteiger partial charge in [-0.25, -0.2) is 0 Å². The van der Waals surface area contributed by atoms with Crippen molar-refractivity contribution < 1.29 is 8.63 Å². The Morgan fingerprint density at radius 2 is 1.86 bits per heavy atom. The standard InChI is InChI=1S/C17H15IO2S/c1-3-21(19)17-14-10-11(2)4-9-15(14)20-16(17)12-5-7-13(18)8-6-12/h4-10H,3H2,1-2H3/t21-/m1/s1. The first-order chi connectivity index (χ1) is 10.1. The van der Waals surface area contributed by atoms with E-state index in [2.05, 4.69) is 28.7 Å². The lowest BCUT2D eigenvalue weighted by Gasteiger charge is -2.02. The van der Waals surface area contributed by atoms with E-state index in [0.717, 1.165) is 32.8 Å². The number of fused-ring (bicyclic) bond motifs is 1. The molecule has 0 unspecified atom stereocenters. The van der Waals surface area contributed by atoms with Crippen LogP contribution in [0.5, 0.6) is 0 Å². The van der Waals surface area contributed by atoms with Crippen molar-refractivity contribution in [1.29, 1.82) is 0 Å². The van der Waals surface area contributed by atoms with Gasteiger partial charge >= 0.3 is 0 Å². The van der Waals surface area contributed by atoms with Crippen LogP contribution in [0.4, 0.5) is 0 Å². The predicted molar refractivity (Wildman–Crippen MR) is 96.1 cm³/mol. The molecule has 1 atom stereocenters. The highest BCUT2D eigenvalue weighted by atomic mass is 127. The van der Waals surface area contributed by atoms with Gasteiger partial charge in [-0.2, -0.15) is 0 Å². The maximum absolute atomic E-state index is 12.5. The summed E-state index contributed by atoms with van der Waals surface area (Å²) >= 11 is 2.27. The average Bonchev–Trinajstić information content (AvgIpc) is 2.85. The summed E-state index contributed by atoms with van der Waals surface area (Å²) in [6.45, 7) is 3.97. The van der Waals surface area contributed by atoms with E-state index in [1.807, 2.05) is 50.2 Å². The van der Waals surface area contributed by atoms with Crippen LogP contribution in [0.2, 0.25) is 0 Å². The molecule has 1 aromatic heterocycles. The molecule has 2 nitrogen and oxygen atoms in total. The SMILES string of the molecule is CC[S@@](=O)c1c(-c2ccc(I)cc2)oc2ccc(C)cc12. The molecule has 21 heavy (non-hydrogen) atoms. The van der Waals surface area contributed by atoms with Gasteiger partial charge in [0.05, 0.1) is 15.7 Å². The Bertz CT molecular complexity index is 819. The summed E-state index contributed by atoms with van der Waals surface area (Å²) in [5.74, 6) is 1.31. The van der Waals surface area contributed by atoms with E-state index in [9.17, 15) is 4.21 Å². The van der Waals surface area contributed by atoms with Crippen LogP contribution in [0.25, 0.3) is 22.3 Å². The fourth-order valence-electron chi connectivity index (χ4n) is 2.35. The molecule has 0 bridgehead atoms. The van der Waals surface area contributed by atoms with Crippen molar-refractivity contribution >= 4 is 44.4 Å². The highest BCUT2D eigenvalue weighted by molar-refractivity contribution is 14.1. The van der Waals surface area contributed by atoms with Crippen LogP contribution in [0.1, 0.15) is 12.5 Å². The predicted octanol–water partition coefficient (Wildman–Crippen LogP) is 5.14. The minimum atomic E-state index is -1.06. The van der Waals surface area contributed by atoms with Crippen LogP contribution in [-0.2, 0) is 10.8 Å². The zero-order valence-electron chi connectivity index (χ0n) is 11.9. The van der Waals surface area contributed by atoms with Crippen molar-refractivity contribution in [2.75, 3.05) is 5.75 Å². The second kappa shape index (κ2) is 5.93. The Labute approximate surface area is 140 Å². The summed E-state index contributed by atoms with van der Waals surface area (Å²) < 4.78 is 19.7. The fourth-order valence-corrected chi connectivity index (χ4v) is 3.77. The third-order valence-electron chi connectivity index (χ3n) is 3.39. The summed E-state index contributed by atoms with van der Waals surface area (Å²) in [7, 11) is -1.06. The lowest BCUT2D eigenvalue weighted by molar-refractivity contribution is 0.622. The monoisotopic (exact) mass is 410 g/mol. The van der Waals surface area contributed by atoms with Crippen molar-refractivity contribution in [1.82, 2.24) is 0 Å². The van der Waals surface area contributed by atoms with Crippen molar-refractivity contribution in [2.45, 2.75) is 18.7 Å². The molecule has 0 aliphatic heterocycles. The summed E-state index contributed by atoms with van der Waals surface area (Å²) in [5, 5.41) is 0.962. The van der Waals surface area contributed by atoms with Gasteiger partial charge in [0.25, 0.3) is 0 Å². The molecule has 0 N–H and O–H groups in total. The zero-order valence-corrected chi connectivity index (χ0v) is 14.8. The number of rotatable bonds is 3. The molecule has 0 saturated carbocycles. The Hall–Kier alpha value is -1.14. The second-order valence-corrected chi connectivity index (χ2v) is 7.82. The van der Waals surface area contributed by atoms with Crippen molar-refractivity contribution in [3.05, 3.63) is 51.6 Å². The van der Waals surface area contributed by atoms with Gasteiger partial charge in [-0.05, 0) is 53.8 Å². The van der Waals surface area contributed by atoms with E-state index in [1.54, 1.807) is 0 Å². The van der Waals surface area contributed by atoms with Gasteiger partial charge in [0.1, 0.15) is 5.58 Å². The summed E-state index contributed by atoms with van der Waals surface area (Å²) in [5.41, 5.74) is 2.92. The zero-order chi connectivity index (χ0) is 15.0. The molecule has 0 fully saturated rings. The number of furan rings is 1. The Morgan fingerprint density at radius 3 is 2.52 bits per heavy atom. The molecular formula is C17H15IO2S. The lowest BCUT2D eigenvalue weighted by Crippen LogP contribution is -1.95. The van der Waals surface area contributed by atoms with E-state index in [1.165, 1.54) is 3.57 Å². The third-order valence-corrected chi connectivity index (χ3v) is 5.50. The topological polar surface area (TPSA) is 30.2 Å². The highest BCUT2D eigenvalue weighted by Gasteiger charge is 2.20. The van der Waals surface area contributed by atoms with Gasteiger partial charge in [0.15, 0.2) is 5.76 Å². The summed E-state index contributed by atoms with van der Waals surface area (Å²) in [6.07, 6.45) is 0. The number of halogens is 1. The lowest BCUT2D eigenvalue weighted by atomic mass is 10.1. The van der Waals surface area contributed by atoms with Gasteiger partial charge in [0, 0.05) is 20.3 Å². The van der Waals surface area contributed by atoms with Crippen LogP contribution in [0.15, 0.2) is 51.8 Å². The Kier molecular flexibility index (Phi) is 4.17. The van der Waals surface area contributed by atoms with Crippen molar-refractivity contribution in [2.24, 2.45) is 0 Å². The molecule has 3 aromatic rings. The molecule has 0 aliphatic rings. The van der Waals surface area contributed by atoms with Crippen LogP contribution in [0.3, 0.4) is 0 Å². The third kappa shape index (κ3) is 2.79. The molecule has 2 aromatic carbocycles. The first-order valence-corrected chi connectivity index (χ1v) is 9.17. The van der Waals surface area contributed by atoms with Crippen molar-refractivity contribution in [3.63, 3.8) is 0 Å². The van der Waals surface area contributed by atoms with E-state index >= 15 is 0 Å². The molecule has 0 radical (unpaired) electrons. The van der Waals surface area contributed by atoms with Gasteiger partial charge < -0.3 is 4.42 Å². The van der Waals surface area contributed by atoms with Crippen LogP contribution >= 0.6 is 22.6 Å². The molecule has 0 spiro atoms. The fraction of sp³-hybridized carbons (Fsp3) is 0.176. The number of hydrogen-bond donors (Lipinski definition) is 0. The van der Waals surface area contributed by atoms with E-state index in [-0.39, 0.29) is 0 Å². The second-order valence-electron chi connectivity index (χ2n) is 4.90. The minimum absolute atomic E-state index is 0.583. The maximum atomic E-state index is 12.5. The molecule has 108 valence electrons. The molecule has 3 rings (SSSR count).